The Morgan fingerprint density at radius 2 is 2.05 bits per heavy atom. The highest BCUT2D eigenvalue weighted by atomic mass is 79.9. The molecule has 0 aromatic heterocycles. The summed E-state index contributed by atoms with van der Waals surface area (Å²) in [4.78, 5) is 15.2. The number of carbonyl (C=O) groups is 1. The van der Waals surface area contributed by atoms with Crippen LogP contribution in [0.2, 0.25) is 0 Å². The maximum absolute atomic E-state index is 11.0. The van der Waals surface area contributed by atoms with Gasteiger partial charge in [-0.05, 0) is 41.1 Å². The van der Waals surface area contributed by atoms with Gasteiger partial charge in [-0.2, -0.15) is 5.26 Å². The lowest BCUT2D eigenvalue weighted by molar-refractivity contribution is -0.142. The molecule has 2 rings (SSSR count). The average molecular weight is 338 g/mol. The Morgan fingerprint density at radius 3 is 2.55 bits per heavy atom. The van der Waals surface area contributed by atoms with Gasteiger partial charge in [0.05, 0.1) is 17.3 Å². The van der Waals surface area contributed by atoms with E-state index in [1.54, 1.807) is 13.0 Å². The van der Waals surface area contributed by atoms with E-state index in [-0.39, 0.29) is 0 Å². The molecule has 1 atom stereocenters. The Hall–Kier alpha value is -1.58. The molecule has 5 nitrogen and oxygen atoms in total. The van der Waals surface area contributed by atoms with Gasteiger partial charge in [0.1, 0.15) is 6.04 Å². The molecule has 1 aliphatic rings. The highest BCUT2D eigenvalue weighted by Gasteiger charge is 2.25. The van der Waals surface area contributed by atoms with Gasteiger partial charge in [0.2, 0.25) is 0 Å². The molecule has 6 heteroatoms. The lowest BCUT2D eigenvalue weighted by Gasteiger charge is -2.38. The zero-order valence-electron chi connectivity index (χ0n) is 11.2. The summed E-state index contributed by atoms with van der Waals surface area (Å²) in [7, 11) is 0. The van der Waals surface area contributed by atoms with Crippen molar-refractivity contribution in [1.29, 1.82) is 5.26 Å². The average Bonchev–Trinajstić information content (AvgIpc) is 2.46. The summed E-state index contributed by atoms with van der Waals surface area (Å²) >= 11 is 3.49. The number of hydrogen-bond donors (Lipinski definition) is 1. The Morgan fingerprint density at radius 1 is 1.40 bits per heavy atom. The van der Waals surface area contributed by atoms with Crippen molar-refractivity contribution in [2.45, 2.75) is 13.0 Å². The summed E-state index contributed by atoms with van der Waals surface area (Å²) in [6, 6.07) is 7.20. The molecule has 1 fully saturated rings. The molecular weight excluding hydrogens is 322 g/mol. The first kappa shape index (κ1) is 14.8. The maximum atomic E-state index is 11.0. The van der Waals surface area contributed by atoms with Crippen LogP contribution in [0.1, 0.15) is 12.5 Å². The van der Waals surface area contributed by atoms with Crippen molar-refractivity contribution in [2.24, 2.45) is 0 Å². The SMILES string of the molecule is CC(C(=O)O)N1CCN(c2ccc(C#N)cc2Br)CC1. The van der Waals surface area contributed by atoms with Gasteiger partial charge in [0.15, 0.2) is 0 Å². The molecular formula is C14H16BrN3O2. The molecule has 1 heterocycles. The van der Waals surface area contributed by atoms with Crippen molar-refractivity contribution < 1.29 is 9.90 Å². The number of nitrogens with zero attached hydrogens (tertiary/aromatic N) is 3. The minimum atomic E-state index is -0.780. The van der Waals surface area contributed by atoms with E-state index in [0.29, 0.717) is 5.56 Å². The summed E-state index contributed by atoms with van der Waals surface area (Å²) in [5.41, 5.74) is 1.67. The minimum Gasteiger partial charge on any atom is -0.480 e. The molecule has 1 aliphatic heterocycles. The molecule has 1 aromatic carbocycles. The lowest BCUT2D eigenvalue weighted by atomic mass is 10.1. The second-order valence-corrected chi connectivity index (χ2v) is 5.67. The fraction of sp³-hybridized carbons (Fsp3) is 0.429. The largest absolute Gasteiger partial charge is 0.480 e. The number of aliphatic carboxylic acids is 1. The van der Waals surface area contributed by atoms with Crippen molar-refractivity contribution in [3.05, 3.63) is 28.2 Å². The number of benzene rings is 1. The van der Waals surface area contributed by atoms with Crippen LogP contribution in [0.4, 0.5) is 5.69 Å². The highest BCUT2D eigenvalue weighted by molar-refractivity contribution is 9.10. The molecule has 0 aliphatic carbocycles. The quantitative estimate of drug-likeness (QED) is 0.912. The van der Waals surface area contributed by atoms with Crippen molar-refractivity contribution in [3.8, 4) is 6.07 Å². The van der Waals surface area contributed by atoms with Crippen LogP contribution in [0.15, 0.2) is 22.7 Å². The number of hydrogen-bond acceptors (Lipinski definition) is 4. The van der Waals surface area contributed by atoms with E-state index in [1.807, 2.05) is 17.0 Å². The first-order valence-corrected chi connectivity index (χ1v) is 7.23. The second kappa shape index (κ2) is 6.25. The maximum Gasteiger partial charge on any atom is 0.320 e. The number of carboxylic acids is 1. The first-order chi connectivity index (χ1) is 9.52. The molecule has 1 aromatic rings. The molecule has 20 heavy (non-hydrogen) atoms. The molecule has 0 spiro atoms. The van der Waals surface area contributed by atoms with E-state index in [9.17, 15) is 4.79 Å². The summed E-state index contributed by atoms with van der Waals surface area (Å²) in [5, 5.41) is 17.9. The summed E-state index contributed by atoms with van der Waals surface area (Å²) in [6.07, 6.45) is 0. The van der Waals surface area contributed by atoms with Gasteiger partial charge in [0, 0.05) is 30.7 Å². The van der Waals surface area contributed by atoms with E-state index in [4.69, 9.17) is 10.4 Å². The minimum absolute atomic E-state index is 0.443. The third kappa shape index (κ3) is 3.11. The van der Waals surface area contributed by atoms with Gasteiger partial charge in [0.25, 0.3) is 0 Å². The third-order valence-electron chi connectivity index (χ3n) is 3.64. The van der Waals surface area contributed by atoms with Crippen LogP contribution in [0.3, 0.4) is 0 Å². The summed E-state index contributed by atoms with van der Waals surface area (Å²) in [5.74, 6) is -0.780. The first-order valence-electron chi connectivity index (χ1n) is 6.44. The molecule has 1 saturated heterocycles. The molecule has 0 amide bonds. The van der Waals surface area contributed by atoms with E-state index in [2.05, 4.69) is 26.9 Å². The van der Waals surface area contributed by atoms with Crippen molar-refractivity contribution >= 4 is 27.6 Å². The highest BCUT2D eigenvalue weighted by Crippen LogP contribution is 2.28. The van der Waals surface area contributed by atoms with Gasteiger partial charge in [-0.1, -0.05) is 0 Å². The lowest BCUT2D eigenvalue weighted by Crippen LogP contribution is -2.51. The number of nitriles is 1. The van der Waals surface area contributed by atoms with Crippen LogP contribution >= 0.6 is 15.9 Å². The van der Waals surface area contributed by atoms with E-state index in [1.165, 1.54) is 0 Å². The zero-order chi connectivity index (χ0) is 14.7. The predicted molar refractivity (Wildman–Crippen MR) is 79.7 cm³/mol. The van der Waals surface area contributed by atoms with Gasteiger partial charge < -0.3 is 10.0 Å². The number of anilines is 1. The van der Waals surface area contributed by atoms with Crippen LogP contribution in [0, 0.1) is 11.3 Å². The topological polar surface area (TPSA) is 67.6 Å². The van der Waals surface area contributed by atoms with E-state index in [0.717, 1.165) is 36.3 Å². The van der Waals surface area contributed by atoms with Crippen LogP contribution in [-0.2, 0) is 4.79 Å². The van der Waals surface area contributed by atoms with E-state index >= 15 is 0 Å². The molecule has 0 bridgehead atoms. The standard InChI is InChI=1S/C14H16BrN3O2/c1-10(14(19)20)17-4-6-18(7-5-17)13-3-2-11(9-16)8-12(13)15/h2-3,8,10H,4-7H2,1H3,(H,19,20). The zero-order valence-corrected chi connectivity index (χ0v) is 12.8. The normalized spacial score (nSPS) is 17.6. The molecule has 1 N–H and O–H groups in total. The smallest absolute Gasteiger partial charge is 0.320 e. The Labute approximate surface area is 126 Å². The Kier molecular flexibility index (Phi) is 4.63. The Bertz CT molecular complexity index is 548. The van der Waals surface area contributed by atoms with Crippen LogP contribution in [0.5, 0.6) is 0 Å². The number of halogens is 1. The number of rotatable bonds is 3. The van der Waals surface area contributed by atoms with Gasteiger partial charge in [-0.15, -0.1) is 0 Å². The van der Waals surface area contributed by atoms with E-state index < -0.39 is 12.0 Å². The van der Waals surface area contributed by atoms with Gasteiger partial charge in [-0.3, -0.25) is 9.69 Å². The Balaban J connectivity index is 2.04. The molecule has 1 unspecified atom stereocenters. The van der Waals surface area contributed by atoms with Crippen molar-refractivity contribution in [1.82, 2.24) is 4.90 Å². The molecule has 0 radical (unpaired) electrons. The fourth-order valence-electron chi connectivity index (χ4n) is 2.34. The van der Waals surface area contributed by atoms with Gasteiger partial charge >= 0.3 is 5.97 Å². The van der Waals surface area contributed by atoms with Gasteiger partial charge in [-0.25, -0.2) is 0 Å². The van der Waals surface area contributed by atoms with Crippen molar-refractivity contribution in [3.63, 3.8) is 0 Å². The fourth-order valence-corrected chi connectivity index (χ4v) is 2.97. The molecule has 106 valence electrons. The number of piperazine rings is 1. The van der Waals surface area contributed by atoms with Crippen LogP contribution in [-0.4, -0.2) is 48.2 Å². The number of carboxylic acid groups (broad SMARTS) is 1. The monoisotopic (exact) mass is 337 g/mol. The third-order valence-corrected chi connectivity index (χ3v) is 4.27. The van der Waals surface area contributed by atoms with Crippen molar-refractivity contribution in [2.75, 3.05) is 31.1 Å². The van der Waals surface area contributed by atoms with Crippen LogP contribution in [0.25, 0.3) is 0 Å². The summed E-state index contributed by atoms with van der Waals surface area (Å²) < 4.78 is 0.899. The second-order valence-electron chi connectivity index (χ2n) is 4.82. The molecule has 0 saturated carbocycles. The van der Waals surface area contributed by atoms with Crippen LogP contribution < -0.4 is 4.90 Å². The predicted octanol–water partition coefficient (Wildman–Crippen LogP) is 1.92. The summed E-state index contributed by atoms with van der Waals surface area (Å²) in [6.45, 7) is 4.72.